The Morgan fingerprint density at radius 2 is 1.56 bits per heavy atom. The largest absolute Gasteiger partial charge is 0.328 e. The zero-order valence-corrected chi connectivity index (χ0v) is 10.5. The van der Waals surface area contributed by atoms with Gasteiger partial charge in [-0.3, -0.25) is 0 Å². The van der Waals surface area contributed by atoms with Gasteiger partial charge in [-0.2, -0.15) is 0 Å². The summed E-state index contributed by atoms with van der Waals surface area (Å²) in [5.74, 6) is 1.25. The number of hydrogen-bond acceptors (Lipinski definition) is 3. The number of nitrogens with two attached hydrogens (primary N) is 1. The molecule has 0 aromatic heterocycles. The monoisotopic (exact) mass is 246 g/mol. The van der Waals surface area contributed by atoms with Crippen LogP contribution in [0.5, 0.6) is 0 Å². The summed E-state index contributed by atoms with van der Waals surface area (Å²) in [5, 5.41) is 0. The first-order valence-electron chi connectivity index (χ1n) is 6.28. The third kappa shape index (κ3) is 4.03. The van der Waals surface area contributed by atoms with Crippen LogP contribution in [-0.4, -0.2) is 26.8 Å². The van der Waals surface area contributed by atoms with Gasteiger partial charge < -0.3 is 5.73 Å². The number of rotatable bonds is 5. The molecule has 0 aromatic carbocycles. The summed E-state index contributed by atoms with van der Waals surface area (Å²) in [4.78, 5) is 0. The SMILES string of the molecule is NC1CCC(CNS(=O)(=O)CC2CC2)CC1. The molecule has 2 aliphatic rings. The van der Waals surface area contributed by atoms with Gasteiger partial charge in [0, 0.05) is 12.6 Å². The summed E-state index contributed by atoms with van der Waals surface area (Å²) >= 11 is 0. The molecule has 0 spiro atoms. The molecule has 4 nitrogen and oxygen atoms in total. The summed E-state index contributed by atoms with van der Waals surface area (Å²) in [6.07, 6.45) is 6.36. The predicted molar refractivity (Wildman–Crippen MR) is 64.4 cm³/mol. The van der Waals surface area contributed by atoms with Crippen molar-refractivity contribution in [1.82, 2.24) is 4.72 Å². The van der Waals surface area contributed by atoms with E-state index in [9.17, 15) is 8.42 Å². The summed E-state index contributed by atoms with van der Waals surface area (Å²) < 4.78 is 26.1. The van der Waals surface area contributed by atoms with Crippen molar-refractivity contribution in [3.8, 4) is 0 Å². The Kier molecular flexibility index (Phi) is 3.87. The highest BCUT2D eigenvalue weighted by molar-refractivity contribution is 7.89. The van der Waals surface area contributed by atoms with Gasteiger partial charge in [0.1, 0.15) is 0 Å². The van der Waals surface area contributed by atoms with Crippen molar-refractivity contribution in [3.63, 3.8) is 0 Å². The Morgan fingerprint density at radius 3 is 2.12 bits per heavy atom. The third-order valence-corrected chi connectivity index (χ3v) is 5.15. The van der Waals surface area contributed by atoms with Crippen LogP contribution in [0.2, 0.25) is 0 Å². The quantitative estimate of drug-likeness (QED) is 0.755. The predicted octanol–water partition coefficient (Wildman–Crippen LogP) is 0.833. The van der Waals surface area contributed by atoms with Gasteiger partial charge in [0.05, 0.1) is 5.75 Å². The average molecular weight is 246 g/mol. The second-order valence-electron chi connectivity index (χ2n) is 5.35. The highest BCUT2D eigenvalue weighted by Gasteiger charge is 2.28. The lowest BCUT2D eigenvalue weighted by Crippen LogP contribution is -2.35. The summed E-state index contributed by atoms with van der Waals surface area (Å²) in [6.45, 7) is 0.613. The lowest BCUT2D eigenvalue weighted by atomic mass is 9.87. The molecule has 16 heavy (non-hydrogen) atoms. The van der Waals surface area contributed by atoms with E-state index < -0.39 is 10.0 Å². The van der Waals surface area contributed by atoms with E-state index in [4.69, 9.17) is 5.73 Å². The first-order chi connectivity index (χ1) is 7.55. The Hall–Kier alpha value is -0.130. The fourth-order valence-corrected chi connectivity index (χ4v) is 3.85. The summed E-state index contributed by atoms with van der Waals surface area (Å²) in [7, 11) is -3.01. The summed E-state index contributed by atoms with van der Waals surface area (Å²) in [6, 6.07) is 0.333. The molecule has 0 aliphatic heterocycles. The number of hydrogen-bond donors (Lipinski definition) is 2. The molecular weight excluding hydrogens is 224 g/mol. The van der Waals surface area contributed by atoms with Gasteiger partial charge in [-0.05, 0) is 50.4 Å². The zero-order chi connectivity index (χ0) is 11.6. The number of sulfonamides is 1. The minimum Gasteiger partial charge on any atom is -0.328 e. The van der Waals surface area contributed by atoms with E-state index in [0.29, 0.717) is 30.2 Å². The maximum Gasteiger partial charge on any atom is 0.211 e. The average Bonchev–Trinajstić information content (AvgIpc) is 3.00. The topological polar surface area (TPSA) is 72.2 Å². The lowest BCUT2D eigenvalue weighted by Gasteiger charge is -2.26. The van der Waals surface area contributed by atoms with Crippen molar-refractivity contribution in [3.05, 3.63) is 0 Å². The molecule has 0 bridgehead atoms. The molecule has 0 heterocycles. The third-order valence-electron chi connectivity index (χ3n) is 3.64. The van der Waals surface area contributed by atoms with Crippen LogP contribution >= 0.6 is 0 Å². The highest BCUT2D eigenvalue weighted by atomic mass is 32.2. The molecule has 2 fully saturated rings. The fourth-order valence-electron chi connectivity index (χ4n) is 2.29. The fraction of sp³-hybridized carbons (Fsp3) is 1.00. The molecule has 0 unspecified atom stereocenters. The van der Waals surface area contributed by atoms with Crippen LogP contribution in [0.25, 0.3) is 0 Å². The van der Waals surface area contributed by atoms with Gasteiger partial charge in [0.2, 0.25) is 10.0 Å². The zero-order valence-electron chi connectivity index (χ0n) is 9.69. The molecule has 2 rings (SSSR count). The van der Waals surface area contributed by atoms with E-state index in [-0.39, 0.29) is 0 Å². The Bertz CT molecular complexity index is 317. The van der Waals surface area contributed by atoms with Crippen LogP contribution in [0.15, 0.2) is 0 Å². The molecular formula is C11H22N2O2S. The van der Waals surface area contributed by atoms with Gasteiger partial charge in [-0.1, -0.05) is 0 Å². The van der Waals surface area contributed by atoms with Crippen LogP contribution in [0.3, 0.4) is 0 Å². The Balaban J connectivity index is 1.69. The van der Waals surface area contributed by atoms with E-state index in [1.807, 2.05) is 0 Å². The number of nitrogens with one attached hydrogen (secondary N) is 1. The second kappa shape index (κ2) is 5.02. The Labute approximate surface area is 98.0 Å². The molecule has 5 heteroatoms. The molecule has 0 atom stereocenters. The van der Waals surface area contributed by atoms with Gasteiger partial charge in [0.25, 0.3) is 0 Å². The molecule has 0 aromatic rings. The van der Waals surface area contributed by atoms with Crippen LogP contribution in [0, 0.1) is 11.8 Å². The first-order valence-corrected chi connectivity index (χ1v) is 7.93. The first kappa shape index (κ1) is 12.3. The van der Waals surface area contributed by atoms with E-state index >= 15 is 0 Å². The minimum absolute atomic E-state index is 0.333. The molecule has 0 saturated heterocycles. The maximum absolute atomic E-state index is 11.7. The van der Waals surface area contributed by atoms with E-state index in [0.717, 1.165) is 38.5 Å². The second-order valence-corrected chi connectivity index (χ2v) is 7.21. The molecule has 2 saturated carbocycles. The lowest BCUT2D eigenvalue weighted by molar-refractivity contribution is 0.326. The van der Waals surface area contributed by atoms with Crippen molar-refractivity contribution in [2.75, 3.05) is 12.3 Å². The van der Waals surface area contributed by atoms with Crippen molar-refractivity contribution >= 4 is 10.0 Å². The molecule has 0 radical (unpaired) electrons. The maximum atomic E-state index is 11.7. The van der Waals surface area contributed by atoms with Crippen molar-refractivity contribution in [2.45, 2.75) is 44.6 Å². The molecule has 3 N–H and O–H groups in total. The Morgan fingerprint density at radius 1 is 1.00 bits per heavy atom. The highest BCUT2D eigenvalue weighted by Crippen LogP contribution is 2.30. The smallest absolute Gasteiger partial charge is 0.211 e. The molecule has 2 aliphatic carbocycles. The minimum atomic E-state index is -3.01. The van der Waals surface area contributed by atoms with Gasteiger partial charge in [-0.15, -0.1) is 0 Å². The van der Waals surface area contributed by atoms with Gasteiger partial charge in [0.15, 0.2) is 0 Å². The normalized spacial score (nSPS) is 31.6. The van der Waals surface area contributed by atoms with E-state index in [2.05, 4.69) is 4.72 Å². The van der Waals surface area contributed by atoms with Crippen LogP contribution in [0.4, 0.5) is 0 Å². The van der Waals surface area contributed by atoms with E-state index in [1.165, 1.54) is 0 Å². The van der Waals surface area contributed by atoms with Gasteiger partial charge in [-0.25, -0.2) is 13.1 Å². The summed E-state index contributed by atoms with van der Waals surface area (Å²) in [5.41, 5.74) is 5.81. The van der Waals surface area contributed by atoms with Crippen LogP contribution in [0.1, 0.15) is 38.5 Å². The van der Waals surface area contributed by atoms with Crippen LogP contribution < -0.4 is 10.5 Å². The van der Waals surface area contributed by atoms with Gasteiger partial charge >= 0.3 is 0 Å². The van der Waals surface area contributed by atoms with Crippen LogP contribution in [-0.2, 0) is 10.0 Å². The molecule has 0 amide bonds. The standard InChI is InChI=1S/C11H22N2O2S/c12-11-5-3-9(4-6-11)7-13-16(14,15)8-10-1-2-10/h9-11,13H,1-8,12H2. The van der Waals surface area contributed by atoms with Crippen molar-refractivity contribution in [1.29, 1.82) is 0 Å². The van der Waals surface area contributed by atoms with E-state index in [1.54, 1.807) is 0 Å². The molecule has 94 valence electrons. The van der Waals surface area contributed by atoms with Crippen molar-refractivity contribution < 1.29 is 8.42 Å². The van der Waals surface area contributed by atoms with Crippen molar-refractivity contribution in [2.24, 2.45) is 17.6 Å².